The quantitative estimate of drug-likeness (QED) is 0.904. The summed E-state index contributed by atoms with van der Waals surface area (Å²) in [6.45, 7) is 5.92. The summed E-state index contributed by atoms with van der Waals surface area (Å²) >= 11 is 3.45. The van der Waals surface area contributed by atoms with Gasteiger partial charge in [-0.05, 0) is 50.4 Å². The van der Waals surface area contributed by atoms with Crippen molar-refractivity contribution >= 4 is 15.9 Å². The summed E-state index contributed by atoms with van der Waals surface area (Å²) < 4.78 is 6.86. The zero-order valence-corrected chi connectivity index (χ0v) is 13.1. The van der Waals surface area contributed by atoms with Gasteiger partial charge in [-0.3, -0.25) is 4.90 Å². The maximum absolute atomic E-state index is 5.80. The fourth-order valence-corrected chi connectivity index (χ4v) is 2.98. The summed E-state index contributed by atoms with van der Waals surface area (Å²) in [4.78, 5) is 2.50. The highest BCUT2D eigenvalue weighted by Crippen LogP contribution is 2.21. The lowest BCUT2D eigenvalue weighted by molar-refractivity contribution is 0.102. The number of nitrogens with zero attached hydrogens (tertiary/aromatic N) is 1. The molecule has 0 spiro atoms. The van der Waals surface area contributed by atoms with Crippen molar-refractivity contribution in [3.8, 4) is 5.75 Å². The largest absolute Gasteiger partial charge is 0.492 e. The van der Waals surface area contributed by atoms with Crippen LogP contribution < -0.4 is 10.5 Å². The second kappa shape index (κ2) is 7.27. The van der Waals surface area contributed by atoms with E-state index in [0.717, 1.165) is 36.5 Å². The van der Waals surface area contributed by atoms with E-state index >= 15 is 0 Å². The number of hydrogen-bond acceptors (Lipinski definition) is 3. The summed E-state index contributed by atoms with van der Waals surface area (Å²) in [6, 6.07) is 8.64. The minimum absolute atomic E-state index is 0.647. The first kappa shape index (κ1) is 14.8. The van der Waals surface area contributed by atoms with Gasteiger partial charge < -0.3 is 10.5 Å². The molecule has 1 saturated heterocycles. The number of ether oxygens (including phenoxy) is 1. The molecule has 1 heterocycles. The minimum atomic E-state index is 0.647. The summed E-state index contributed by atoms with van der Waals surface area (Å²) in [6.07, 6.45) is 2.51. The van der Waals surface area contributed by atoms with Crippen molar-refractivity contribution in [2.24, 2.45) is 11.7 Å². The molecule has 2 N–H and O–H groups in total. The van der Waals surface area contributed by atoms with Gasteiger partial charge in [-0.1, -0.05) is 22.0 Å². The van der Waals surface area contributed by atoms with Gasteiger partial charge in [-0.15, -0.1) is 0 Å². The number of hydrogen-bond donors (Lipinski definition) is 1. The van der Waals surface area contributed by atoms with Crippen LogP contribution in [0.3, 0.4) is 0 Å². The van der Waals surface area contributed by atoms with Crippen molar-refractivity contribution in [2.75, 3.05) is 26.2 Å². The molecular weight excluding hydrogens is 304 g/mol. The number of halogens is 1. The van der Waals surface area contributed by atoms with E-state index in [1.165, 1.54) is 12.8 Å². The third kappa shape index (κ3) is 4.48. The Balaban J connectivity index is 1.78. The van der Waals surface area contributed by atoms with E-state index in [0.29, 0.717) is 12.0 Å². The molecule has 1 aromatic carbocycles. The van der Waals surface area contributed by atoms with Crippen LogP contribution in [0.4, 0.5) is 0 Å². The zero-order valence-electron chi connectivity index (χ0n) is 11.5. The predicted molar refractivity (Wildman–Crippen MR) is 82.5 cm³/mol. The maximum Gasteiger partial charge on any atom is 0.120 e. The van der Waals surface area contributed by atoms with Crippen LogP contribution in [0.15, 0.2) is 28.7 Å². The van der Waals surface area contributed by atoms with Crippen LogP contribution in [-0.2, 0) is 0 Å². The van der Waals surface area contributed by atoms with E-state index in [2.05, 4.69) is 27.8 Å². The first-order valence-corrected chi connectivity index (χ1v) is 7.81. The van der Waals surface area contributed by atoms with Crippen molar-refractivity contribution in [3.63, 3.8) is 0 Å². The molecule has 1 aliphatic heterocycles. The Hall–Kier alpha value is -0.580. The predicted octanol–water partition coefficient (Wildman–Crippen LogP) is 2.89. The van der Waals surface area contributed by atoms with Gasteiger partial charge >= 0.3 is 0 Å². The lowest BCUT2D eigenvalue weighted by Gasteiger charge is -2.37. The fourth-order valence-electron chi connectivity index (χ4n) is 2.60. The minimum Gasteiger partial charge on any atom is -0.492 e. The molecule has 2 atom stereocenters. The molecule has 3 nitrogen and oxygen atoms in total. The van der Waals surface area contributed by atoms with Gasteiger partial charge in [0.25, 0.3) is 0 Å². The standard InChI is InChI=1S/C15H23BrN2O/c1-12-5-6-13(10-17)11-18(12)7-8-19-15-4-2-3-14(16)9-15/h2-4,9,12-13H,5-8,10-11,17H2,1H3. The second-order valence-corrected chi connectivity index (χ2v) is 6.24. The summed E-state index contributed by atoms with van der Waals surface area (Å²) in [5, 5.41) is 0. The summed E-state index contributed by atoms with van der Waals surface area (Å²) in [5.41, 5.74) is 5.78. The van der Waals surface area contributed by atoms with E-state index in [4.69, 9.17) is 10.5 Å². The van der Waals surface area contributed by atoms with Crippen LogP contribution in [0.1, 0.15) is 19.8 Å². The molecule has 0 amide bonds. The third-order valence-electron chi connectivity index (χ3n) is 3.89. The molecule has 4 heteroatoms. The lowest BCUT2D eigenvalue weighted by atomic mass is 9.94. The normalized spacial score (nSPS) is 24.4. The van der Waals surface area contributed by atoms with Gasteiger partial charge in [0.1, 0.15) is 12.4 Å². The molecule has 2 rings (SSSR count). The van der Waals surface area contributed by atoms with E-state index in [9.17, 15) is 0 Å². The van der Waals surface area contributed by atoms with E-state index in [1.54, 1.807) is 0 Å². The van der Waals surface area contributed by atoms with Gasteiger partial charge in [-0.2, -0.15) is 0 Å². The molecular formula is C15H23BrN2O. The van der Waals surface area contributed by atoms with Crippen LogP contribution in [0.25, 0.3) is 0 Å². The zero-order chi connectivity index (χ0) is 13.7. The molecule has 0 aromatic heterocycles. The Kier molecular flexibility index (Phi) is 5.67. The molecule has 0 aliphatic carbocycles. The van der Waals surface area contributed by atoms with Crippen LogP contribution in [0.2, 0.25) is 0 Å². The van der Waals surface area contributed by atoms with Crippen molar-refractivity contribution in [1.82, 2.24) is 4.90 Å². The molecule has 106 valence electrons. The molecule has 2 unspecified atom stereocenters. The highest BCUT2D eigenvalue weighted by atomic mass is 79.9. The van der Waals surface area contributed by atoms with Crippen LogP contribution in [0, 0.1) is 5.92 Å². The van der Waals surface area contributed by atoms with Crippen molar-refractivity contribution in [2.45, 2.75) is 25.8 Å². The third-order valence-corrected chi connectivity index (χ3v) is 4.38. The second-order valence-electron chi connectivity index (χ2n) is 5.33. The van der Waals surface area contributed by atoms with E-state index in [1.807, 2.05) is 24.3 Å². The van der Waals surface area contributed by atoms with Gasteiger partial charge in [0.05, 0.1) is 0 Å². The Morgan fingerprint density at radius 1 is 1.42 bits per heavy atom. The topological polar surface area (TPSA) is 38.5 Å². The van der Waals surface area contributed by atoms with Gasteiger partial charge in [-0.25, -0.2) is 0 Å². The van der Waals surface area contributed by atoms with Gasteiger partial charge in [0, 0.05) is 23.6 Å². The highest BCUT2D eigenvalue weighted by Gasteiger charge is 2.24. The first-order valence-electron chi connectivity index (χ1n) is 7.01. The lowest BCUT2D eigenvalue weighted by Crippen LogP contribution is -2.45. The molecule has 1 fully saturated rings. The highest BCUT2D eigenvalue weighted by molar-refractivity contribution is 9.10. The van der Waals surface area contributed by atoms with Crippen LogP contribution in [0.5, 0.6) is 5.75 Å². The van der Waals surface area contributed by atoms with E-state index < -0.39 is 0 Å². The molecule has 0 bridgehead atoms. The van der Waals surface area contributed by atoms with Gasteiger partial charge in [0.2, 0.25) is 0 Å². The Morgan fingerprint density at radius 2 is 2.26 bits per heavy atom. The molecule has 19 heavy (non-hydrogen) atoms. The molecule has 0 saturated carbocycles. The van der Waals surface area contributed by atoms with E-state index in [-0.39, 0.29) is 0 Å². The monoisotopic (exact) mass is 326 g/mol. The number of nitrogens with two attached hydrogens (primary N) is 1. The smallest absolute Gasteiger partial charge is 0.120 e. The van der Waals surface area contributed by atoms with Crippen molar-refractivity contribution < 1.29 is 4.74 Å². The fraction of sp³-hybridized carbons (Fsp3) is 0.600. The number of rotatable bonds is 5. The number of piperidine rings is 1. The molecule has 1 aromatic rings. The average molecular weight is 327 g/mol. The Morgan fingerprint density at radius 3 is 3.00 bits per heavy atom. The van der Waals surface area contributed by atoms with Crippen molar-refractivity contribution in [1.29, 1.82) is 0 Å². The van der Waals surface area contributed by atoms with Crippen LogP contribution in [-0.4, -0.2) is 37.2 Å². The maximum atomic E-state index is 5.80. The molecule has 1 aliphatic rings. The van der Waals surface area contributed by atoms with Crippen molar-refractivity contribution in [3.05, 3.63) is 28.7 Å². The Labute approximate surface area is 124 Å². The SMILES string of the molecule is CC1CCC(CN)CN1CCOc1cccc(Br)c1. The first-order chi connectivity index (χ1) is 9.19. The summed E-state index contributed by atoms with van der Waals surface area (Å²) in [7, 11) is 0. The van der Waals surface area contributed by atoms with Gasteiger partial charge in [0.15, 0.2) is 0 Å². The average Bonchev–Trinajstić information content (AvgIpc) is 2.41. The number of benzene rings is 1. The Bertz CT molecular complexity index is 399. The number of likely N-dealkylation sites (tertiary alicyclic amines) is 1. The van der Waals surface area contributed by atoms with Crippen LogP contribution >= 0.6 is 15.9 Å². The molecule has 0 radical (unpaired) electrons. The summed E-state index contributed by atoms with van der Waals surface area (Å²) in [5.74, 6) is 1.58.